The molecule has 1 aliphatic rings. The van der Waals surface area contributed by atoms with Gasteiger partial charge in [-0.15, -0.1) is 0 Å². The van der Waals surface area contributed by atoms with Gasteiger partial charge in [-0.2, -0.15) is 0 Å². The highest BCUT2D eigenvalue weighted by molar-refractivity contribution is 5.96. The molecule has 5 heteroatoms. The zero-order valence-corrected chi connectivity index (χ0v) is 11.7. The second-order valence-corrected chi connectivity index (χ2v) is 5.05. The molecule has 0 aliphatic carbocycles. The number of rotatable bonds is 3. The fraction of sp³-hybridized carbons (Fsp3) is 0.467. The first kappa shape index (κ1) is 14.4. The van der Waals surface area contributed by atoms with Crippen molar-refractivity contribution in [3.63, 3.8) is 0 Å². The van der Waals surface area contributed by atoms with Crippen molar-refractivity contribution in [3.05, 3.63) is 29.3 Å². The molecule has 0 radical (unpaired) electrons. The lowest BCUT2D eigenvalue weighted by Crippen LogP contribution is -2.38. The Labute approximate surface area is 118 Å². The molecule has 20 heavy (non-hydrogen) atoms. The number of piperidine rings is 1. The third kappa shape index (κ3) is 3.29. The number of anilines is 1. The summed E-state index contributed by atoms with van der Waals surface area (Å²) in [6.07, 6.45) is 3.19. The van der Waals surface area contributed by atoms with Gasteiger partial charge in [0.05, 0.1) is 5.56 Å². The average Bonchev–Trinajstić information content (AvgIpc) is 2.48. The van der Waals surface area contributed by atoms with Gasteiger partial charge in [0.1, 0.15) is 0 Å². The van der Waals surface area contributed by atoms with Crippen molar-refractivity contribution in [2.24, 2.45) is 0 Å². The number of hydrogen-bond acceptors (Lipinski definition) is 4. The first-order valence-electron chi connectivity index (χ1n) is 6.89. The molecule has 2 rings (SSSR count). The van der Waals surface area contributed by atoms with Crippen LogP contribution in [0.1, 0.15) is 35.2 Å². The topological polar surface area (TPSA) is 72.6 Å². The van der Waals surface area contributed by atoms with Crippen molar-refractivity contribution in [2.45, 2.75) is 26.2 Å². The number of nitrogens with zero attached hydrogens (tertiary/aromatic N) is 1. The van der Waals surface area contributed by atoms with E-state index >= 15 is 0 Å². The molecule has 5 nitrogen and oxygen atoms in total. The van der Waals surface area contributed by atoms with Gasteiger partial charge in [-0.1, -0.05) is 12.1 Å². The van der Waals surface area contributed by atoms with Crippen molar-refractivity contribution in [1.29, 1.82) is 0 Å². The van der Waals surface area contributed by atoms with Crippen LogP contribution < -0.4 is 5.73 Å². The minimum atomic E-state index is -0.545. The second kappa shape index (κ2) is 6.41. The lowest BCUT2D eigenvalue weighted by Gasteiger charge is -2.26. The van der Waals surface area contributed by atoms with E-state index in [4.69, 9.17) is 10.5 Å². The van der Waals surface area contributed by atoms with Gasteiger partial charge in [0, 0.05) is 18.8 Å². The van der Waals surface area contributed by atoms with E-state index in [1.54, 1.807) is 17.0 Å². The highest BCUT2D eigenvalue weighted by Gasteiger charge is 2.19. The second-order valence-electron chi connectivity index (χ2n) is 5.05. The molecule has 0 spiro atoms. The summed E-state index contributed by atoms with van der Waals surface area (Å²) in [5.74, 6) is -0.680. The smallest absolute Gasteiger partial charge is 0.340 e. The van der Waals surface area contributed by atoms with Crippen molar-refractivity contribution in [3.8, 4) is 0 Å². The number of aryl methyl sites for hydroxylation is 1. The van der Waals surface area contributed by atoms with Crippen LogP contribution in [0.25, 0.3) is 0 Å². The van der Waals surface area contributed by atoms with Crippen LogP contribution in [-0.4, -0.2) is 36.5 Å². The molecule has 1 fully saturated rings. The zero-order chi connectivity index (χ0) is 14.5. The molecule has 1 aromatic rings. The summed E-state index contributed by atoms with van der Waals surface area (Å²) in [5.41, 5.74) is 7.38. The Bertz CT molecular complexity index is 508. The number of carbonyl (C=O) groups is 2. The number of likely N-dealkylation sites (tertiary alicyclic amines) is 1. The van der Waals surface area contributed by atoms with Crippen LogP contribution in [0.5, 0.6) is 0 Å². The molecule has 0 bridgehead atoms. The fourth-order valence-corrected chi connectivity index (χ4v) is 2.30. The molecule has 0 unspecified atom stereocenters. The highest BCUT2D eigenvalue weighted by Crippen LogP contribution is 2.17. The molecular formula is C15H20N2O3. The van der Waals surface area contributed by atoms with Gasteiger partial charge in [0.25, 0.3) is 5.91 Å². The Morgan fingerprint density at radius 2 is 1.95 bits per heavy atom. The molecule has 1 heterocycles. The number of ether oxygens (including phenoxy) is 1. The van der Waals surface area contributed by atoms with Gasteiger partial charge >= 0.3 is 5.97 Å². The van der Waals surface area contributed by atoms with Crippen molar-refractivity contribution in [1.82, 2.24) is 4.90 Å². The van der Waals surface area contributed by atoms with E-state index in [9.17, 15) is 9.59 Å². The number of carbonyl (C=O) groups excluding carboxylic acids is 2. The van der Waals surface area contributed by atoms with Crippen molar-refractivity contribution in [2.75, 3.05) is 25.4 Å². The van der Waals surface area contributed by atoms with Crippen LogP contribution >= 0.6 is 0 Å². The summed E-state index contributed by atoms with van der Waals surface area (Å²) in [5, 5.41) is 0. The van der Waals surface area contributed by atoms with Gasteiger partial charge in [-0.3, -0.25) is 4.79 Å². The zero-order valence-electron chi connectivity index (χ0n) is 11.7. The lowest BCUT2D eigenvalue weighted by molar-refractivity contribution is -0.135. The molecule has 0 aromatic heterocycles. The number of nitrogen functional groups attached to an aromatic ring is 1. The maximum absolute atomic E-state index is 11.9. The summed E-state index contributed by atoms with van der Waals surface area (Å²) in [6, 6.07) is 5.18. The first-order valence-corrected chi connectivity index (χ1v) is 6.89. The Morgan fingerprint density at radius 1 is 1.25 bits per heavy atom. The van der Waals surface area contributed by atoms with E-state index in [1.807, 2.05) is 13.0 Å². The van der Waals surface area contributed by atoms with Crippen molar-refractivity contribution >= 4 is 17.6 Å². The van der Waals surface area contributed by atoms with Gasteiger partial charge in [-0.05, 0) is 37.8 Å². The SMILES string of the molecule is Cc1cccc(C(=O)OCC(=O)N2CCCCC2)c1N. The van der Waals surface area contributed by atoms with E-state index in [0.717, 1.165) is 37.9 Å². The summed E-state index contributed by atoms with van der Waals surface area (Å²) < 4.78 is 5.07. The normalized spacial score (nSPS) is 14.9. The molecule has 0 saturated carbocycles. The number of para-hydroxylation sites is 1. The van der Waals surface area contributed by atoms with E-state index in [-0.39, 0.29) is 12.5 Å². The Kier molecular flexibility index (Phi) is 4.61. The maximum atomic E-state index is 11.9. The number of nitrogens with two attached hydrogens (primary N) is 1. The molecule has 1 saturated heterocycles. The molecule has 108 valence electrons. The molecule has 1 aromatic carbocycles. The van der Waals surface area contributed by atoms with Gasteiger partial charge in [-0.25, -0.2) is 4.79 Å². The van der Waals surface area contributed by atoms with Crippen LogP contribution in [0.4, 0.5) is 5.69 Å². The predicted molar refractivity (Wildman–Crippen MR) is 76.3 cm³/mol. The standard InChI is InChI=1S/C15H20N2O3/c1-11-6-5-7-12(14(11)16)15(19)20-10-13(18)17-8-3-2-4-9-17/h5-7H,2-4,8-10,16H2,1H3. The third-order valence-corrected chi connectivity index (χ3v) is 3.58. The quantitative estimate of drug-likeness (QED) is 0.674. The van der Waals surface area contributed by atoms with Crippen LogP contribution in [-0.2, 0) is 9.53 Å². The van der Waals surface area contributed by atoms with Crippen LogP contribution in [0.3, 0.4) is 0 Å². The monoisotopic (exact) mass is 276 g/mol. The minimum absolute atomic E-state index is 0.135. The Hall–Kier alpha value is -2.04. The third-order valence-electron chi connectivity index (χ3n) is 3.58. The Balaban J connectivity index is 1.91. The fourth-order valence-electron chi connectivity index (χ4n) is 2.30. The summed E-state index contributed by atoms with van der Waals surface area (Å²) in [6.45, 7) is 3.11. The first-order chi connectivity index (χ1) is 9.59. The molecule has 0 atom stereocenters. The van der Waals surface area contributed by atoms with Crippen molar-refractivity contribution < 1.29 is 14.3 Å². The molecular weight excluding hydrogens is 256 g/mol. The summed E-state index contributed by atoms with van der Waals surface area (Å²) >= 11 is 0. The van der Waals surface area contributed by atoms with Gasteiger partial charge in [0.15, 0.2) is 6.61 Å². The van der Waals surface area contributed by atoms with E-state index in [0.29, 0.717) is 11.3 Å². The molecule has 1 amide bonds. The largest absolute Gasteiger partial charge is 0.452 e. The van der Waals surface area contributed by atoms with Crippen LogP contribution in [0.2, 0.25) is 0 Å². The maximum Gasteiger partial charge on any atom is 0.340 e. The van der Waals surface area contributed by atoms with E-state index in [1.165, 1.54) is 0 Å². The average molecular weight is 276 g/mol. The number of amides is 1. The number of benzene rings is 1. The predicted octanol–water partition coefficient (Wildman–Crippen LogP) is 1.75. The molecule has 1 aliphatic heterocycles. The highest BCUT2D eigenvalue weighted by atomic mass is 16.5. The number of hydrogen-bond donors (Lipinski definition) is 1. The molecule has 2 N–H and O–H groups in total. The number of esters is 1. The lowest BCUT2D eigenvalue weighted by atomic mass is 10.1. The summed E-state index contributed by atoms with van der Waals surface area (Å²) in [7, 11) is 0. The van der Waals surface area contributed by atoms with Gasteiger partial charge < -0.3 is 15.4 Å². The van der Waals surface area contributed by atoms with E-state index < -0.39 is 5.97 Å². The minimum Gasteiger partial charge on any atom is -0.452 e. The summed E-state index contributed by atoms with van der Waals surface area (Å²) in [4.78, 5) is 25.6. The van der Waals surface area contributed by atoms with Gasteiger partial charge in [0.2, 0.25) is 0 Å². The Morgan fingerprint density at radius 3 is 2.65 bits per heavy atom. The van der Waals surface area contributed by atoms with E-state index in [2.05, 4.69) is 0 Å². The van der Waals surface area contributed by atoms with Crippen LogP contribution in [0.15, 0.2) is 18.2 Å². The van der Waals surface area contributed by atoms with Crippen LogP contribution in [0, 0.1) is 6.92 Å².